The number of anilines is 1. The molecule has 1 N–H and O–H groups in total. The van der Waals surface area contributed by atoms with Crippen molar-refractivity contribution in [3.8, 4) is 11.5 Å². The molecule has 8 nitrogen and oxygen atoms in total. The predicted molar refractivity (Wildman–Crippen MR) is 105 cm³/mol. The van der Waals surface area contributed by atoms with Crippen molar-refractivity contribution in [2.45, 2.75) is 26.1 Å². The van der Waals surface area contributed by atoms with Crippen molar-refractivity contribution in [1.82, 2.24) is 9.78 Å². The lowest BCUT2D eigenvalue weighted by Crippen LogP contribution is -2.15. The number of carbonyl (C=O) groups is 1. The lowest BCUT2D eigenvalue weighted by atomic mass is 10.2. The summed E-state index contributed by atoms with van der Waals surface area (Å²) in [6, 6.07) is 9.39. The molecule has 0 saturated carbocycles. The third-order valence-corrected chi connectivity index (χ3v) is 4.26. The molecule has 0 aliphatic heterocycles. The summed E-state index contributed by atoms with van der Waals surface area (Å²) in [4.78, 5) is 22.8. The SMILES string of the molecule is Cc1ccnn1CCC(=O)Nc1cc(Oc2cccc(C(F)(F)F)c2)cc([N+](=O)[O-])c1. The van der Waals surface area contributed by atoms with Crippen LogP contribution in [0.1, 0.15) is 17.7 Å². The number of halogens is 3. The number of hydrogen-bond acceptors (Lipinski definition) is 5. The fourth-order valence-electron chi connectivity index (χ4n) is 2.76. The fraction of sp³-hybridized carbons (Fsp3) is 0.200. The first-order valence-electron chi connectivity index (χ1n) is 9.05. The summed E-state index contributed by atoms with van der Waals surface area (Å²) in [5, 5.41) is 17.8. The van der Waals surface area contributed by atoms with E-state index < -0.39 is 22.6 Å². The minimum absolute atomic E-state index is 0.0645. The molecule has 0 bridgehead atoms. The van der Waals surface area contributed by atoms with Gasteiger partial charge >= 0.3 is 6.18 Å². The van der Waals surface area contributed by atoms with E-state index in [4.69, 9.17) is 4.74 Å². The van der Waals surface area contributed by atoms with Gasteiger partial charge in [-0.2, -0.15) is 18.3 Å². The van der Waals surface area contributed by atoms with Crippen LogP contribution in [0.5, 0.6) is 11.5 Å². The lowest BCUT2D eigenvalue weighted by molar-refractivity contribution is -0.384. The van der Waals surface area contributed by atoms with Crippen molar-refractivity contribution in [2.75, 3.05) is 5.32 Å². The maximum atomic E-state index is 12.9. The first-order valence-corrected chi connectivity index (χ1v) is 9.05. The Bertz CT molecular complexity index is 1110. The Kier molecular flexibility index (Phi) is 6.23. The van der Waals surface area contributed by atoms with Crippen molar-refractivity contribution >= 4 is 17.3 Å². The van der Waals surface area contributed by atoms with E-state index in [1.54, 1.807) is 16.9 Å². The Balaban J connectivity index is 1.77. The van der Waals surface area contributed by atoms with Gasteiger partial charge in [-0.3, -0.25) is 19.6 Å². The van der Waals surface area contributed by atoms with E-state index in [1.807, 2.05) is 6.92 Å². The van der Waals surface area contributed by atoms with E-state index >= 15 is 0 Å². The van der Waals surface area contributed by atoms with Crippen LogP contribution in [0.3, 0.4) is 0 Å². The van der Waals surface area contributed by atoms with Gasteiger partial charge in [0.25, 0.3) is 5.69 Å². The number of nitrogens with zero attached hydrogens (tertiary/aromatic N) is 3. The molecule has 0 saturated heterocycles. The molecule has 31 heavy (non-hydrogen) atoms. The molecule has 0 atom stereocenters. The number of nitrogens with one attached hydrogen (secondary N) is 1. The summed E-state index contributed by atoms with van der Waals surface area (Å²) in [5.41, 5.74) is -0.348. The number of carbonyl (C=O) groups excluding carboxylic acids is 1. The first-order chi connectivity index (χ1) is 14.6. The number of benzene rings is 2. The van der Waals surface area contributed by atoms with Gasteiger partial charge in [0.1, 0.15) is 11.5 Å². The molecule has 1 aromatic heterocycles. The van der Waals surface area contributed by atoms with Gasteiger partial charge in [0.05, 0.1) is 22.2 Å². The third-order valence-electron chi connectivity index (χ3n) is 4.26. The van der Waals surface area contributed by atoms with Gasteiger partial charge in [0.15, 0.2) is 0 Å². The smallest absolute Gasteiger partial charge is 0.416 e. The van der Waals surface area contributed by atoms with Crippen LogP contribution in [-0.2, 0) is 17.5 Å². The molecular formula is C20H17F3N4O4. The van der Waals surface area contributed by atoms with Crippen molar-refractivity contribution in [3.05, 3.63) is 76.1 Å². The van der Waals surface area contributed by atoms with Crippen molar-refractivity contribution < 1.29 is 27.6 Å². The summed E-state index contributed by atoms with van der Waals surface area (Å²) in [6.45, 7) is 2.15. The van der Waals surface area contributed by atoms with Gasteiger partial charge in [0, 0.05) is 37.0 Å². The zero-order valence-electron chi connectivity index (χ0n) is 16.2. The van der Waals surface area contributed by atoms with Crippen LogP contribution in [0, 0.1) is 17.0 Å². The number of alkyl halides is 3. The first kappa shape index (κ1) is 21.8. The Morgan fingerprint density at radius 2 is 1.97 bits per heavy atom. The summed E-state index contributed by atoms with van der Waals surface area (Å²) in [5.74, 6) is -0.658. The Morgan fingerprint density at radius 1 is 1.19 bits per heavy atom. The maximum absolute atomic E-state index is 12.9. The van der Waals surface area contributed by atoms with E-state index in [-0.39, 0.29) is 29.3 Å². The highest BCUT2D eigenvalue weighted by molar-refractivity contribution is 5.91. The van der Waals surface area contributed by atoms with Gasteiger partial charge in [-0.25, -0.2) is 0 Å². The average molecular weight is 434 g/mol. The normalized spacial score (nSPS) is 11.2. The second-order valence-corrected chi connectivity index (χ2v) is 6.59. The van der Waals surface area contributed by atoms with Crippen LogP contribution >= 0.6 is 0 Å². The molecule has 3 aromatic rings. The lowest BCUT2D eigenvalue weighted by Gasteiger charge is -2.12. The molecule has 3 rings (SSSR count). The minimum atomic E-state index is -4.56. The van der Waals surface area contributed by atoms with Gasteiger partial charge < -0.3 is 10.1 Å². The number of amides is 1. The Morgan fingerprint density at radius 3 is 2.61 bits per heavy atom. The number of aryl methyl sites for hydroxylation is 2. The second-order valence-electron chi connectivity index (χ2n) is 6.59. The van der Waals surface area contributed by atoms with E-state index in [9.17, 15) is 28.1 Å². The molecule has 162 valence electrons. The quantitative estimate of drug-likeness (QED) is 0.419. The summed E-state index contributed by atoms with van der Waals surface area (Å²) in [7, 11) is 0. The standard InChI is InChI=1S/C20H17F3N4O4/c1-13-5-7-24-26(13)8-6-19(28)25-15-10-16(27(29)30)12-18(11-15)31-17-4-2-3-14(9-17)20(21,22)23/h2-5,7,9-12H,6,8H2,1H3,(H,25,28). The topological polar surface area (TPSA) is 99.3 Å². The fourth-order valence-corrected chi connectivity index (χ4v) is 2.76. The predicted octanol–water partition coefficient (Wildman–Crippen LogP) is 4.94. The number of hydrogen-bond donors (Lipinski definition) is 1. The molecule has 1 heterocycles. The molecular weight excluding hydrogens is 417 g/mol. The molecule has 0 fully saturated rings. The van der Waals surface area contributed by atoms with Crippen LogP contribution < -0.4 is 10.1 Å². The summed E-state index contributed by atoms with van der Waals surface area (Å²) >= 11 is 0. The molecule has 0 spiro atoms. The van der Waals surface area contributed by atoms with E-state index in [1.165, 1.54) is 12.1 Å². The van der Waals surface area contributed by atoms with Crippen LogP contribution in [0.4, 0.5) is 24.5 Å². The molecule has 0 unspecified atom stereocenters. The molecule has 1 amide bonds. The van der Waals surface area contributed by atoms with Crippen LogP contribution in [0.15, 0.2) is 54.7 Å². The number of nitro benzene ring substituents is 1. The number of non-ortho nitro benzene ring substituents is 1. The highest BCUT2D eigenvalue weighted by Crippen LogP contribution is 2.34. The van der Waals surface area contributed by atoms with Gasteiger partial charge in [0.2, 0.25) is 5.91 Å². The van der Waals surface area contributed by atoms with Crippen LogP contribution in [0.2, 0.25) is 0 Å². The molecule has 0 radical (unpaired) electrons. The van der Waals surface area contributed by atoms with E-state index in [0.717, 1.165) is 36.0 Å². The van der Waals surface area contributed by atoms with Gasteiger partial charge in [-0.05, 0) is 31.2 Å². The highest BCUT2D eigenvalue weighted by atomic mass is 19.4. The highest BCUT2D eigenvalue weighted by Gasteiger charge is 2.30. The third kappa shape index (κ3) is 5.81. The molecule has 11 heteroatoms. The molecule has 0 aliphatic rings. The Labute approximate surface area is 174 Å². The van der Waals surface area contributed by atoms with Crippen molar-refractivity contribution in [2.24, 2.45) is 0 Å². The monoisotopic (exact) mass is 434 g/mol. The number of nitro groups is 1. The van der Waals surface area contributed by atoms with E-state index in [2.05, 4.69) is 10.4 Å². The number of rotatable bonds is 7. The maximum Gasteiger partial charge on any atom is 0.416 e. The van der Waals surface area contributed by atoms with Crippen molar-refractivity contribution in [1.29, 1.82) is 0 Å². The average Bonchev–Trinajstić information content (AvgIpc) is 3.10. The van der Waals surface area contributed by atoms with Crippen molar-refractivity contribution in [3.63, 3.8) is 0 Å². The van der Waals surface area contributed by atoms with E-state index in [0.29, 0.717) is 6.54 Å². The second kappa shape index (κ2) is 8.86. The van der Waals surface area contributed by atoms with Gasteiger partial charge in [-0.15, -0.1) is 0 Å². The van der Waals surface area contributed by atoms with Gasteiger partial charge in [-0.1, -0.05) is 6.07 Å². The number of ether oxygens (including phenoxy) is 1. The molecule has 0 aliphatic carbocycles. The zero-order valence-corrected chi connectivity index (χ0v) is 16.2. The largest absolute Gasteiger partial charge is 0.457 e. The van der Waals surface area contributed by atoms with Crippen LogP contribution in [0.25, 0.3) is 0 Å². The minimum Gasteiger partial charge on any atom is -0.457 e. The summed E-state index contributed by atoms with van der Waals surface area (Å²) < 4.78 is 45.7. The zero-order chi connectivity index (χ0) is 22.6. The summed E-state index contributed by atoms with van der Waals surface area (Å²) in [6.07, 6.45) is -2.89. The molecule has 2 aromatic carbocycles. The van der Waals surface area contributed by atoms with Crippen LogP contribution in [-0.4, -0.2) is 20.6 Å². The number of aromatic nitrogens is 2. The Hall–Kier alpha value is -3.89.